The number of unbranched alkanes of at least 4 members (excludes halogenated alkanes) is 22. The summed E-state index contributed by atoms with van der Waals surface area (Å²) in [7, 11) is 0. The van der Waals surface area contributed by atoms with Crippen molar-refractivity contribution < 1.29 is 5.11 Å². The summed E-state index contributed by atoms with van der Waals surface area (Å²) in [6, 6.07) is 0. The fraction of sp³-hybridized carbons (Fsp3) is 0.714. The normalized spacial score (nSPS) is 11.9. The van der Waals surface area contributed by atoms with Gasteiger partial charge in [0, 0.05) is 12.8 Å². The smallest absolute Gasteiger partial charge is 0.133 e. The second-order valence-corrected chi connectivity index (χ2v) is 10.1. The van der Waals surface area contributed by atoms with Gasteiger partial charge in [0.1, 0.15) is 6.10 Å². The summed E-state index contributed by atoms with van der Waals surface area (Å²) in [5.41, 5.74) is 0. The van der Waals surface area contributed by atoms with Crippen molar-refractivity contribution in [1.29, 1.82) is 0 Å². The first-order valence-corrected chi connectivity index (χ1v) is 15.2. The molecule has 0 bridgehead atoms. The molecule has 36 heavy (non-hydrogen) atoms. The van der Waals surface area contributed by atoms with Crippen LogP contribution in [0.3, 0.4) is 0 Å². The van der Waals surface area contributed by atoms with E-state index >= 15 is 0 Å². The molecular weight excluding hydrogens is 436 g/mol. The second-order valence-electron chi connectivity index (χ2n) is 10.1. The Labute approximate surface area is 226 Å². The molecule has 0 radical (unpaired) electrons. The number of hydrogen-bond acceptors (Lipinski definition) is 1. The van der Waals surface area contributed by atoms with Gasteiger partial charge in [-0.1, -0.05) is 133 Å². The van der Waals surface area contributed by atoms with Gasteiger partial charge < -0.3 is 5.11 Å². The van der Waals surface area contributed by atoms with Crippen LogP contribution in [0.1, 0.15) is 154 Å². The maximum Gasteiger partial charge on any atom is 0.133 e. The topological polar surface area (TPSA) is 20.2 Å². The fourth-order valence-electron chi connectivity index (χ4n) is 4.40. The Balaban J connectivity index is 3.15. The van der Waals surface area contributed by atoms with Gasteiger partial charge in [-0.3, -0.25) is 0 Å². The molecular formula is C35H56O. The van der Waals surface area contributed by atoms with E-state index < -0.39 is 6.10 Å². The van der Waals surface area contributed by atoms with Crippen molar-refractivity contribution in [3.63, 3.8) is 0 Å². The van der Waals surface area contributed by atoms with E-state index in [0.717, 1.165) is 32.1 Å². The zero-order valence-corrected chi connectivity index (χ0v) is 23.5. The molecule has 0 saturated carbocycles. The molecule has 0 amide bonds. The lowest BCUT2D eigenvalue weighted by Gasteiger charge is -2.04. The number of aliphatic hydroxyl groups excluding tert-OH is 1. The Kier molecular flexibility index (Phi) is 29.5. The van der Waals surface area contributed by atoms with Gasteiger partial charge >= 0.3 is 0 Å². The van der Waals surface area contributed by atoms with Crippen LogP contribution in [-0.4, -0.2) is 11.2 Å². The van der Waals surface area contributed by atoms with Crippen molar-refractivity contribution in [1.82, 2.24) is 0 Å². The molecule has 0 aliphatic carbocycles. The largest absolute Gasteiger partial charge is 0.377 e. The lowest BCUT2D eigenvalue weighted by Crippen LogP contribution is -1.95. The van der Waals surface area contributed by atoms with E-state index in [2.05, 4.69) is 29.8 Å². The molecule has 1 atom stereocenters. The molecule has 0 spiro atoms. The average molecular weight is 493 g/mol. The van der Waals surface area contributed by atoms with Crippen LogP contribution < -0.4 is 0 Å². The van der Waals surface area contributed by atoms with Crippen LogP contribution in [0, 0.1) is 36.5 Å². The van der Waals surface area contributed by atoms with Crippen molar-refractivity contribution in [3.8, 4) is 36.5 Å². The third-order valence-electron chi connectivity index (χ3n) is 6.67. The molecule has 1 N–H and O–H groups in total. The molecule has 0 saturated heterocycles. The molecule has 0 heterocycles. The summed E-state index contributed by atoms with van der Waals surface area (Å²) in [5.74, 6) is 11.4. The quantitative estimate of drug-likeness (QED) is 0.0763. The molecule has 0 unspecified atom stereocenters. The lowest BCUT2D eigenvalue weighted by atomic mass is 10.0. The third kappa shape index (κ3) is 30.2. The average Bonchev–Trinajstić information content (AvgIpc) is 2.89. The number of terminal acetylenes is 2. The van der Waals surface area contributed by atoms with E-state index in [1.807, 2.05) is 12.2 Å². The fourth-order valence-corrected chi connectivity index (χ4v) is 4.40. The Hall–Kier alpha value is -1.88. The maximum atomic E-state index is 9.21. The van der Waals surface area contributed by atoms with Gasteiger partial charge in [0.25, 0.3) is 0 Å². The van der Waals surface area contributed by atoms with Crippen LogP contribution >= 0.6 is 0 Å². The van der Waals surface area contributed by atoms with Crippen LogP contribution in [0.2, 0.25) is 0 Å². The van der Waals surface area contributed by atoms with Gasteiger partial charge in [-0.2, -0.15) is 0 Å². The van der Waals surface area contributed by atoms with E-state index in [1.165, 1.54) is 122 Å². The number of hydrogen-bond donors (Lipinski definition) is 1. The van der Waals surface area contributed by atoms with Gasteiger partial charge in [0.05, 0.1) is 0 Å². The summed E-state index contributed by atoms with van der Waals surface area (Å²) < 4.78 is 0. The summed E-state index contributed by atoms with van der Waals surface area (Å²) in [6.45, 7) is 0. The zero-order chi connectivity index (χ0) is 26.2. The molecule has 0 aromatic rings. The first-order valence-electron chi connectivity index (χ1n) is 15.2. The molecule has 0 rings (SSSR count). The van der Waals surface area contributed by atoms with Crippen LogP contribution in [0.5, 0.6) is 0 Å². The van der Waals surface area contributed by atoms with Crippen LogP contribution in [0.4, 0.5) is 0 Å². The van der Waals surface area contributed by atoms with E-state index in [4.69, 9.17) is 12.8 Å². The zero-order valence-electron chi connectivity index (χ0n) is 23.5. The van der Waals surface area contributed by atoms with Crippen LogP contribution in [0.25, 0.3) is 0 Å². The van der Waals surface area contributed by atoms with Crippen molar-refractivity contribution >= 4 is 0 Å². The highest BCUT2D eigenvalue weighted by Crippen LogP contribution is 2.15. The summed E-state index contributed by atoms with van der Waals surface area (Å²) >= 11 is 0. The SMILES string of the molecule is C#C/C=C\CCCCCCCCCCCCCCCCCCCCCC#CCCC/C=C/[C@@H](O)C#C. The molecule has 0 aromatic carbocycles. The highest BCUT2D eigenvalue weighted by atomic mass is 16.3. The lowest BCUT2D eigenvalue weighted by molar-refractivity contribution is 0.280. The minimum absolute atomic E-state index is 0.745. The van der Waals surface area contributed by atoms with Gasteiger partial charge in [-0.05, 0) is 44.3 Å². The molecule has 1 nitrogen and oxygen atoms in total. The predicted octanol–water partition coefficient (Wildman–Crippen LogP) is 10.1. The number of allylic oxidation sites excluding steroid dienone is 3. The Bertz CT molecular complexity index is 645. The first-order chi connectivity index (χ1) is 17.8. The molecule has 0 aromatic heterocycles. The third-order valence-corrected chi connectivity index (χ3v) is 6.67. The first kappa shape index (κ1) is 34.1. The molecule has 0 fully saturated rings. The monoisotopic (exact) mass is 492 g/mol. The summed E-state index contributed by atoms with van der Waals surface area (Å²) in [6.07, 6.45) is 48.7. The Morgan fingerprint density at radius 2 is 0.889 bits per heavy atom. The van der Waals surface area contributed by atoms with E-state index in [9.17, 15) is 5.11 Å². The van der Waals surface area contributed by atoms with Crippen molar-refractivity contribution in [3.05, 3.63) is 24.3 Å². The number of aliphatic hydroxyl groups is 1. The highest BCUT2D eigenvalue weighted by Gasteiger charge is 1.95. The number of rotatable bonds is 25. The Morgan fingerprint density at radius 3 is 1.33 bits per heavy atom. The Morgan fingerprint density at radius 1 is 0.500 bits per heavy atom. The molecule has 202 valence electrons. The molecule has 0 aliphatic rings. The maximum absolute atomic E-state index is 9.21. The van der Waals surface area contributed by atoms with E-state index in [0.29, 0.717) is 0 Å². The van der Waals surface area contributed by atoms with Gasteiger partial charge in [-0.25, -0.2) is 0 Å². The van der Waals surface area contributed by atoms with Crippen LogP contribution in [0.15, 0.2) is 24.3 Å². The molecule has 1 heteroatoms. The molecule has 0 aliphatic heterocycles. The second kappa shape index (κ2) is 31.2. The van der Waals surface area contributed by atoms with Crippen molar-refractivity contribution in [2.45, 2.75) is 160 Å². The van der Waals surface area contributed by atoms with Crippen molar-refractivity contribution in [2.24, 2.45) is 0 Å². The highest BCUT2D eigenvalue weighted by molar-refractivity contribution is 5.08. The summed E-state index contributed by atoms with van der Waals surface area (Å²) in [4.78, 5) is 0. The van der Waals surface area contributed by atoms with Crippen LogP contribution in [-0.2, 0) is 0 Å². The standard InChI is InChI=1S/C35H56O/c1-3-5-6-7-8-9-10-11-12-13-14-15-16-17-18-19-20-21-22-23-24-25-26-27-28-29-30-31-32-33-34-35(36)4-2/h1-2,5-6,33-36H,7-27,30-32H2/b6-5-,34-33+/t35-/m0/s1. The van der Waals surface area contributed by atoms with E-state index in [1.54, 1.807) is 6.08 Å². The van der Waals surface area contributed by atoms with Gasteiger partial charge in [-0.15, -0.1) is 24.7 Å². The predicted molar refractivity (Wildman–Crippen MR) is 161 cm³/mol. The minimum atomic E-state index is -0.745. The van der Waals surface area contributed by atoms with Crippen molar-refractivity contribution in [2.75, 3.05) is 0 Å². The van der Waals surface area contributed by atoms with Gasteiger partial charge in [0.2, 0.25) is 0 Å². The van der Waals surface area contributed by atoms with Gasteiger partial charge in [0.15, 0.2) is 0 Å². The van der Waals surface area contributed by atoms with E-state index in [-0.39, 0.29) is 0 Å². The summed E-state index contributed by atoms with van der Waals surface area (Å²) in [5, 5.41) is 9.21. The minimum Gasteiger partial charge on any atom is -0.377 e.